The zero-order chi connectivity index (χ0) is 13.8. The summed E-state index contributed by atoms with van der Waals surface area (Å²) in [6.07, 6.45) is 1.67. The quantitative estimate of drug-likeness (QED) is 0.571. The minimum atomic E-state index is -0.212. The first kappa shape index (κ1) is 14.8. The summed E-state index contributed by atoms with van der Waals surface area (Å²) >= 11 is 6.39. The molecule has 106 valence electrons. The summed E-state index contributed by atoms with van der Waals surface area (Å²) in [6, 6.07) is 8.31. The fourth-order valence-electron chi connectivity index (χ4n) is 2.38. The summed E-state index contributed by atoms with van der Waals surface area (Å²) in [5.41, 5.74) is 2.50. The molecule has 0 heterocycles. The number of hydrogen-bond donors (Lipinski definition) is 0. The van der Waals surface area contributed by atoms with Gasteiger partial charge in [0.25, 0.3) is 0 Å². The SMILES string of the molecule is CC(C)CCOC(C)OC1c2ccccc2CC1Cl. The van der Waals surface area contributed by atoms with Crippen LogP contribution in [0.15, 0.2) is 24.3 Å². The van der Waals surface area contributed by atoms with Crippen molar-refractivity contribution in [2.24, 2.45) is 5.92 Å². The van der Waals surface area contributed by atoms with Gasteiger partial charge in [-0.3, -0.25) is 0 Å². The molecule has 0 fully saturated rings. The summed E-state index contributed by atoms with van der Waals surface area (Å²) < 4.78 is 11.7. The van der Waals surface area contributed by atoms with Crippen LogP contribution >= 0.6 is 11.6 Å². The van der Waals surface area contributed by atoms with Crippen molar-refractivity contribution in [3.63, 3.8) is 0 Å². The predicted molar refractivity (Wildman–Crippen MR) is 78.5 cm³/mol. The molecule has 2 rings (SSSR count). The standard InChI is InChI=1S/C16H23ClO2/c1-11(2)8-9-18-12(3)19-16-14-7-5-4-6-13(14)10-15(16)17/h4-7,11-12,15-16H,8-10H2,1-3H3. The first-order valence-corrected chi connectivity index (χ1v) is 7.50. The third kappa shape index (κ3) is 3.95. The molecule has 1 aliphatic rings. The first-order valence-electron chi connectivity index (χ1n) is 7.07. The molecule has 0 N–H and O–H groups in total. The Hall–Kier alpha value is -0.570. The third-order valence-corrected chi connectivity index (χ3v) is 3.87. The second-order valence-electron chi connectivity index (χ2n) is 5.60. The molecule has 3 atom stereocenters. The van der Waals surface area contributed by atoms with Crippen LogP contribution in [0.2, 0.25) is 0 Å². The highest BCUT2D eigenvalue weighted by Gasteiger charge is 2.32. The van der Waals surface area contributed by atoms with E-state index < -0.39 is 0 Å². The van der Waals surface area contributed by atoms with Crippen LogP contribution in [0, 0.1) is 5.92 Å². The highest BCUT2D eigenvalue weighted by Crippen LogP contribution is 2.38. The van der Waals surface area contributed by atoms with Crippen molar-refractivity contribution in [3.8, 4) is 0 Å². The first-order chi connectivity index (χ1) is 9.08. The number of rotatable bonds is 6. The van der Waals surface area contributed by atoms with Gasteiger partial charge in [0.05, 0.1) is 5.38 Å². The van der Waals surface area contributed by atoms with Crippen molar-refractivity contribution in [2.75, 3.05) is 6.61 Å². The number of benzene rings is 1. The Kier molecular flexibility index (Phi) is 5.26. The van der Waals surface area contributed by atoms with Gasteiger partial charge in [-0.05, 0) is 36.8 Å². The van der Waals surface area contributed by atoms with Crippen molar-refractivity contribution in [1.29, 1.82) is 0 Å². The summed E-state index contributed by atoms with van der Waals surface area (Å²) in [4.78, 5) is 0. The molecule has 0 saturated carbocycles. The van der Waals surface area contributed by atoms with E-state index >= 15 is 0 Å². The highest BCUT2D eigenvalue weighted by molar-refractivity contribution is 6.21. The molecule has 0 saturated heterocycles. The van der Waals surface area contributed by atoms with Crippen LogP contribution < -0.4 is 0 Å². The molecule has 1 aliphatic carbocycles. The average molecular weight is 283 g/mol. The van der Waals surface area contributed by atoms with Crippen molar-refractivity contribution >= 4 is 11.6 Å². The second kappa shape index (κ2) is 6.74. The lowest BCUT2D eigenvalue weighted by Crippen LogP contribution is -2.21. The Bertz CT molecular complexity index is 405. The molecule has 0 bridgehead atoms. The molecule has 1 aromatic rings. The molecule has 3 heteroatoms. The van der Waals surface area contributed by atoms with Crippen LogP contribution in [0.3, 0.4) is 0 Å². The zero-order valence-electron chi connectivity index (χ0n) is 11.9. The van der Waals surface area contributed by atoms with Gasteiger partial charge in [0.15, 0.2) is 6.29 Å². The van der Waals surface area contributed by atoms with E-state index in [0.29, 0.717) is 5.92 Å². The lowest BCUT2D eigenvalue weighted by molar-refractivity contribution is -0.161. The smallest absolute Gasteiger partial charge is 0.155 e. The van der Waals surface area contributed by atoms with Crippen molar-refractivity contribution in [2.45, 2.75) is 51.4 Å². The molecule has 0 aromatic heterocycles. The summed E-state index contributed by atoms with van der Waals surface area (Å²) in [7, 11) is 0. The average Bonchev–Trinajstić information content (AvgIpc) is 2.66. The maximum atomic E-state index is 6.39. The summed E-state index contributed by atoms with van der Waals surface area (Å²) in [6.45, 7) is 7.07. The Morgan fingerprint density at radius 1 is 1.26 bits per heavy atom. The molecule has 0 radical (unpaired) electrons. The number of hydrogen-bond acceptors (Lipinski definition) is 2. The van der Waals surface area contributed by atoms with Gasteiger partial charge >= 0.3 is 0 Å². The largest absolute Gasteiger partial charge is 0.353 e. The van der Waals surface area contributed by atoms with Gasteiger partial charge < -0.3 is 9.47 Å². The van der Waals surface area contributed by atoms with Gasteiger partial charge in [0.2, 0.25) is 0 Å². The normalized spacial score (nSPS) is 23.6. The van der Waals surface area contributed by atoms with Crippen molar-refractivity contribution < 1.29 is 9.47 Å². The Morgan fingerprint density at radius 3 is 2.74 bits per heavy atom. The second-order valence-corrected chi connectivity index (χ2v) is 6.16. The van der Waals surface area contributed by atoms with Crippen LogP contribution in [0.5, 0.6) is 0 Å². The maximum absolute atomic E-state index is 6.39. The van der Waals surface area contributed by atoms with Gasteiger partial charge in [0.1, 0.15) is 6.10 Å². The molecular formula is C16H23ClO2. The van der Waals surface area contributed by atoms with Crippen LogP contribution in [-0.4, -0.2) is 18.3 Å². The monoisotopic (exact) mass is 282 g/mol. The van der Waals surface area contributed by atoms with E-state index in [0.717, 1.165) is 19.4 Å². The number of fused-ring (bicyclic) bond motifs is 1. The third-order valence-electron chi connectivity index (χ3n) is 3.49. The highest BCUT2D eigenvalue weighted by atomic mass is 35.5. The van der Waals surface area contributed by atoms with E-state index in [1.165, 1.54) is 11.1 Å². The van der Waals surface area contributed by atoms with Gasteiger partial charge in [-0.1, -0.05) is 38.1 Å². The molecular weight excluding hydrogens is 260 g/mol. The molecule has 3 unspecified atom stereocenters. The van der Waals surface area contributed by atoms with Gasteiger partial charge in [-0.25, -0.2) is 0 Å². The predicted octanol–water partition coefficient (Wildman–Crippen LogP) is 4.32. The molecule has 2 nitrogen and oxygen atoms in total. The Balaban J connectivity index is 1.88. The van der Waals surface area contributed by atoms with Crippen molar-refractivity contribution in [3.05, 3.63) is 35.4 Å². The van der Waals surface area contributed by atoms with Crippen LogP contribution in [0.4, 0.5) is 0 Å². The minimum absolute atomic E-state index is 0.00792. The van der Waals surface area contributed by atoms with Crippen LogP contribution in [-0.2, 0) is 15.9 Å². The maximum Gasteiger partial charge on any atom is 0.155 e. The van der Waals surface area contributed by atoms with Crippen LogP contribution in [0.25, 0.3) is 0 Å². The number of alkyl halides is 1. The Labute approximate surface area is 121 Å². The van der Waals surface area contributed by atoms with E-state index in [2.05, 4.69) is 26.0 Å². The van der Waals surface area contributed by atoms with Crippen molar-refractivity contribution in [1.82, 2.24) is 0 Å². The zero-order valence-corrected chi connectivity index (χ0v) is 12.7. The minimum Gasteiger partial charge on any atom is -0.353 e. The van der Waals surface area contributed by atoms with Gasteiger partial charge in [0, 0.05) is 6.61 Å². The number of ether oxygens (including phenoxy) is 2. The van der Waals surface area contributed by atoms with Crippen LogP contribution in [0.1, 0.15) is 44.4 Å². The topological polar surface area (TPSA) is 18.5 Å². The molecule has 0 aliphatic heterocycles. The van der Waals surface area contributed by atoms with E-state index in [4.69, 9.17) is 21.1 Å². The lowest BCUT2D eigenvalue weighted by Gasteiger charge is -2.22. The number of halogens is 1. The van der Waals surface area contributed by atoms with E-state index in [9.17, 15) is 0 Å². The molecule has 0 amide bonds. The fourth-order valence-corrected chi connectivity index (χ4v) is 2.74. The Morgan fingerprint density at radius 2 is 2.00 bits per heavy atom. The molecule has 1 aromatic carbocycles. The summed E-state index contributed by atoms with van der Waals surface area (Å²) in [5.74, 6) is 0.653. The van der Waals surface area contributed by atoms with E-state index in [1.54, 1.807) is 0 Å². The van der Waals surface area contributed by atoms with Gasteiger partial charge in [-0.2, -0.15) is 0 Å². The molecule has 19 heavy (non-hydrogen) atoms. The lowest BCUT2D eigenvalue weighted by atomic mass is 10.1. The fraction of sp³-hybridized carbons (Fsp3) is 0.625. The van der Waals surface area contributed by atoms with E-state index in [-0.39, 0.29) is 17.8 Å². The summed E-state index contributed by atoms with van der Waals surface area (Å²) in [5, 5.41) is 0.00792. The van der Waals surface area contributed by atoms with Gasteiger partial charge in [-0.15, -0.1) is 11.6 Å². The van der Waals surface area contributed by atoms with E-state index in [1.807, 2.05) is 19.1 Å². The molecule has 0 spiro atoms.